The van der Waals surface area contributed by atoms with Gasteiger partial charge in [0.2, 0.25) is 0 Å². The molecule has 0 aliphatic carbocycles. The van der Waals surface area contributed by atoms with Gasteiger partial charge < -0.3 is 0 Å². The maximum absolute atomic E-state index is 12.8. The van der Waals surface area contributed by atoms with Gasteiger partial charge in [-0.2, -0.15) is 0 Å². The molecule has 1 heterocycles. The maximum atomic E-state index is 12.8. The third kappa shape index (κ3) is 3.93. The molecule has 27 heavy (non-hydrogen) atoms. The van der Waals surface area contributed by atoms with Crippen molar-refractivity contribution < 1.29 is 4.79 Å². The molecule has 1 aliphatic heterocycles. The molecule has 0 aromatic heterocycles. The van der Waals surface area contributed by atoms with Gasteiger partial charge in [0.25, 0.3) is 0 Å². The van der Waals surface area contributed by atoms with Crippen LogP contribution in [-0.4, -0.2) is 17.2 Å². The van der Waals surface area contributed by atoms with E-state index in [9.17, 15) is 4.79 Å². The molecule has 0 amide bonds. The third-order valence-corrected chi connectivity index (χ3v) is 5.50. The summed E-state index contributed by atoms with van der Waals surface area (Å²) in [6, 6.07) is 30.1. The maximum Gasteiger partial charge on any atom is 0.164 e. The first-order valence-electron chi connectivity index (χ1n) is 8.95. The van der Waals surface area contributed by atoms with Crippen LogP contribution in [0.1, 0.15) is 27.9 Å². The van der Waals surface area contributed by atoms with Crippen LogP contribution in [0.4, 0.5) is 0 Å². The first kappa shape index (κ1) is 17.5. The van der Waals surface area contributed by atoms with Crippen LogP contribution in [0.2, 0.25) is 0 Å². The normalized spacial score (nSPS) is 16.4. The fourth-order valence-corrected chi connectivity index (χ4v) is 4.22. The standard InChI is InChI=1S/C24H19NOS/c26-22(19-12-6-2-7-13-19)16-23-24(20-14-8-3-9-15-20)21(17-25-27-23)18-10-4-1-5-11-18/h1-15,17,23H,16H2. The van der Waals surface area contributed by atoms with E-state index in [1.165, 1.54) is 17.5 Å². The van der Waals surface area contributed by atoms with E-state index in [1.54, 1.807) is 0 Å². The predicted molar refractivity (Wildman–Crippen MR) is 115 cm³/mol. The van der Waals surface area contributed by atoms with Crippen LogP contribution in [-0.2, 0) is 0 Å². The van der Waals surface area contributed by atoms with E-state index in [4.69, 9.17) is 0 Å². The molecule has 2 nitrogen and oxygen atoms in total. The van der Waals surface area contributed by atoms with Crippen molar-refractivity contribution in [2.45, 2.75) is 11.7 Å². The fraction of sp³-hybridized carbons (Fsp3) is 0.0833. The van der Waals surface area contributed by atoms with Gasteiger partial charge in [-0.25, -0.2) is 4.40 Å². The lowest BCUT2D eigenvalue weighted by Gasteiger charge is -2.24. The van der Waals surface area contributed by atoms with Crippen LogP contribution in [0.15, 0.2) is 95.4 Å². The van der Waals surface area contributed by atoms with E-state index < -0.39 is 0 Å². The Bertz CT molecular complexity index is 979. The number of carbonyl (C=O) groups excluding carboxylic acids is 1. The van der Waals surface area contributed by atoms with Crippen LogP contribution < -0.4 is 0 Å². The second kappa shape index (κ2) is 8.19. The molecule has 0 spiro atoms. The van der Waals surface area contributed by atoms with Crippen molar-refractivity contribution in [2.24, 2.45) is 4.40 Å². The molecule has 0 saturated carbocycles. The number of benzene rings is 3. The van der Waals surface area contributed by atoms with Gasteiger partial charge in [0, 0.05) is 23.8 Å². The Morgan fingerprint density at radius 3 is 1.96 bits per heavy atom. The highest BCUT2D eigenvalue weighted by Crippen LogP contribution is 2.40. The molecule has 4 rings (SSSR count). The molecule has 0 saturated heterocycles. The molecular formula is C24H19NOS. The molecule has 3 aromatic carbocycles. The molecule has 1 atom stereocenters. The Morgan fingerprint density at radius 2 is 1.33 bits per heavy atom. The number of carbonyl (C=O) groups is 1. The largest absolute Gasteiger partial charge is 0.294 e. The molecule has 3 heteroatoms. The summed E-state index contributed by atoms with van der Waals surface area (Å²) in [6.07, 6.45) is 2.35. The molecule has 0 radical (unpaired) electrons. The summed E-state index contributed by atoms with van der Waals surface area (Å²) >= 11 is 1.48. The number of hydrogen-bond acceptors (Lipinski definition) is 3. The molecule has 0 N–H and O–H groups in total. The highest BCUT2D eigenvalue weighted by Gasteiger charge is 2.26. The van der Waals surface area contributed by atoms with Crippen molar-refractivity contribution in [1.29, 1.82) is 0 Å². The Morgan fingerprint density at radius 1 is 0.778 bits per heavy atom. The summed E-state index contributed by atoms with van der Waals surface area (Å²) < 4.78 is 4.52. The summed E-state index contributed by atoms with van der Waals surface area (Å²) in [7, 11) is 0. The zero-order valence-electron chi connectivity index (χ0n) is 14.8. The SMILES string of the molecule is O=C(CC1SN=CC(c2ccccc2)=C1c1ccccc1)c1ccccc1. The summed E-state index contributed by atoms with van der Waals surface area (Å²) in [4.78, 5) is 12.8. The minimum absolute atomic E-state index is 0.0136. The number of allylic oxidation sites excluding steroid dienone is 1. The van der Waals surface area contributed by atoms with Crippen molar-refractivity contribution in [3.63, 3.8) is 0 Å². The van der Waals surface area contributed by atoms with Crippen molar-refractivity contribution in [1.82, 2.24) is 0 Å². The van der Waals surface area contributed by atoms with Gasteiger partial charge in [-0.1, -0.05) is 91.0 Å². The molecule has 3 aromatic rings. The van der Waals surface area contributed by atoms with Crippen LogP contribution in [0, 0.1) is 0 Å². The van der Waals surface area contributed by atoms with Gasteiger partial charge in [-0.3, -0.25) is 4.79 Å². The van der Waals surface area contributed by atoms with Crippen LogP contribution in [0.5, 0.6) is 0 Å². The number of ketones is 1. The Kier molecular flexibility index (Phi) is 5.31. The number of rotatable bonds is 5. The molecule has 0 fully saturated rings. The minimum atomic E-state index is -0.0136. The van der Waals surface area contributed by atoms with Crippen LogP contribution in [0.25, 0.3) is 11.1 Å². The van der Waals surface area contributed by atoms with Gasteiger partial charge in [0.05, 0.1) is 5.25 Å². The highest BCUT2D eigenvalue weighted by molar-refractivity contribution is 7.99. The Labute approximate surface area is 163 Å². The monoisotopic (exact) mass is 369 g/mol. The Hall–Kier alpha value is -2.91. The van der Waals surface area contributed by atoms with E-state index in [2.05, 4.69) is 28.7 Å². The molecular weight excluding hydrogens is 350 g/mol. The molecule has 132 valence electrons. The zero-order chi connectivity index (χ0) is 18.5. The van der Waals surface area contributed by atoms with Crippen molar-refractivity contribution >= 4 is 35.1 Å². The number of nitrogens with zero attached hydrogens (tertiary/aromatic N) is 1. The first-order valence-corrected chi connectivity index (χ1v) is 9.79. The van der Waals surface area contributed by atoms with Gasteiger partial charge in [-0.15, -0.1) is 0 Å². The van der Waals surface area contributed by atoms with Crippen molar-refractivity contribution in [2.75, 3.05) is 0 Å². The second-order valence-electron chi connectivity index (χ2n) is 6.38. The van der Waals surface area contributed by atoms with Gasteiger partial charge in [-0.05, 0) is 28.6 Å². The second-order valence-corrected chi connectivity index (χ2v) is 7.37. The number of hydrogen-bond donors (Lipinski definition) is 0. The molecule has 1 unspecified atom stereocenters. The fourth-order valence-electron chi connectivity index (χ4n) is 3.31. The van der Waals surface area contributed by atoms with Gasteiger partial charge in [0.15, 0.2) is 5.78 Å². The average Bonchev–Trinajstić information content (AvgIpc) is 2.75. The van der Waals surface area contributed by atoms with E-state index in [1.807, 2.05) is 72.9 Å². The molecule has 1 aliphatic rings. The Balaban J connectivity index is 1.76. The number of Topliss-reactive ketones (excluding diaryl/α,β-unsaturated/α-hetero) is 1. The lowest BCUT2D eigenvalue weighted by Crippen LogP contribution is -2.16. The lowest BCUT2D eigenvalue weighted by molar-refractivity contribution is 0.0986. The summed E-state index contributed by atoms with van der Waals surface area (Å²) in [5.41, 5.74) is 5.28. The smallest absolute Gasteiger partial charge is 0.164 e. The quantitative estimate of drug-likeness (QED) is 0.409. The third-order valence-electron chi connectivity index (χ3n) is 4.62. The van der Waals surface area contributed by atoms with E-state index >= 15 is 0 Å². The average molecular weight is 369 g/mol. The summed E-state index contributed by atoms with van der Waals surface area (Å²) in [6.45, 7) is 0. The lowest BCUT2D eigenvalue weighted by atomic mass is 9.90. The van der Waals surface area contributed by atoms with Crippen molar-refractivity contribution in [3.8, 4) is 0 Å². The minimum Gasteiger partial charge on any atom is -0.294 e. The highest BCUT2D eigenvalue weighted by atomic mass is 32.2. The van der Waals surface area contributed by atoms with Crippen LogP contribution >= 0.6 is 11.9 Å². The topological polar surface area (TPSA) is 29.4 Å². The van der Waals surface area contributed by atoms with Crippen LogP contribution in [0.3, 0.4) is 0 Å². The van der Waals surface area contributed by atoms with E-state index in [-0.39, 0.29) is 11.0 Å². The predicted octanol–water partition coefficient (Wildman–Crippen LogP) is 5.97. The summed E-state index contributed by atoms with van der Waals surface area (Å²) in [5, 5.41) is -0.0136. The van der Waals surface area contributed by atoms with Gasteiger partial charge >= 0.3 is 0 Å². The zero-order valence-corrected chi connectivity index (χ0v) is 15.6. The van der Waals surface area contributed by atoms with E-state index in [0.717, 1.165) is 22.3 Å². The van der Waals surface area contributed by atoms with Gasteiger partial charge in [0.1, 0.15) is 0 Å². The summed E-state index contributed by atoms with van der Waals surface area (Å²) in [5.74, 6) is 0.144. The first-order chi connectivity index (χ1) is 13.3. The molecule has 0 bridgehead atoms. The van der Waals surface area contributed by atoms with Crippen molar-refractivity contribution in [3.05, 3.63) is 108 Å². The van der Waals surface area contributed by atoms with E-state index in [0.29, 0.717) is 6.42 Å².